The number of hydrogen-bond donors (Lipinski definition) is 1. The standard InChI is InChI=1S/C11H14N4O4S2/c12-7-10-6-11(9-13-8-10)21(18,19)14-2-4-15-3-1-5-20(15,16)17/h6,8-9,14H,1-5H2. The molecule has 114 valence electrons. The topological polar surface area (TPSA) is 120 Å². The minimum atomic E-state index is -3.81. The third-order valence-electron chi connectivity index (χ3n) is 3.01. The lowest BCUT2D eigenvalue weighted by molar-refractivity contribution is 0.444. The molecule has 10 heteroatoms. The molecule has 0 radical (unpaired) electrons. The van der Waals surface area contributed by atoms with E-state index in [2.05, 4.69) is 9.71 Å². The molecule has 2 rings (SSSR count). The maximum absolute atomic E-state index is 12.0. The molecule has 0 spiro atoms. The molecule has 8 nitrogen and oxygen atoms in total. The summed E-state index contributed by atoms with van der Waals surface area (Å²) < 4.78 is 50.7. The molecular weight excluding hydrogens is 316 g/mol. The Labute approximate surface area is 123 Å². The Morgan fingerprint density at radius 3 is 2.81 bits per heavy atom. The van der Waals surface area contributed by atoms with Gasteiger partial charge in [-0.1, -0.05) is 0 Å². The summed E-state index contributed by atoms with van der Waals surface area (Å²) >= 11 is 0. The third-order valence-corrected chi connectivity index (χ3v) is 6.39. The van der Waals surface area contributed by atoms with Gasteiger partial charge in [-0.05, 0) is 12.5 Å². The van der Waals surface area contributed by atoms with E-state index in [1.807, 2.05) is 6.07 Å². The van der Waals surface area contributed by atoms with E-state index in [1.165, 1.54) is 16.6 Å². The summed E-state index contributed by atoms with van der Waals surface area (Å²) in [6.45, 7) is 0.473. The number of nitriles is 1. The molecule has 0 amide bonds. The Morgan fingerprint density at radius 1 is 1.43 bits per heavy atom. The summed E-state index contributed by atoms with van der Waals surface area (Å²) in [6, 6.07) is 3.02. The Kier molecular flexibility index (Phi) is 4.58. The number of rotatable bonds is 5. The van der Waals surface area contributed by atoms with Crippen LogP contribution in [0, 0.1) is 11.3 Å². The molecule has 1 saturated heterocycles. The van der Waals surface area contributed by atoms with Gasteiger partial charge in [0.25, 0.3) is 0 Å². The quantitative estimate of drug-likeness (QED) is 0.759. The molecule has 1 fully saturated rings. The summed E-state index contributed by atoms with van der Waals surface area (Å²) in [4.78, 5) is 3.56. The summed E-state index contributed by atoms with van der Waals surface area (Å²) in [6.07, 6.45) is 2.95. The fourth-order valence-corrected chi connectivity index (χ4v) is 4.49. The highest BCUT2D eigenvalue weighted by atomic mass is 32.2. The molecule has 2 heterocycles. The lowest BCUT2D eigenvalue weighted by Gasteiger charge is -2.14. The van der Waals surface area contributed by atoms with E-state index in [-0.39, 0.29) is 29.3 Å². The van der Waals surface area contributed by atoms with E-state index in [9.17, 15) is 16.8 Å². The average Bonchev–Trinajstić information content (AvgIpc) is 2.78. The Hall–Kier alpha value is -1.54. The van der Waals surface area contributed by atoms with Crippen LogP contribution in [-0.2, 0) is 20.0 Å². The van der Waals surface area contributed by atoms with Crippen LogP contribution in [0.3, 0.4) is 0 Å². The van der Waals surface area contributed by atoms with E-state index in [1.54, 1.807) is 0 Å². The highest BCUT2D eigenvalue weighted by Gasteiger charge is 2.28. The first kappa shape index (κ1) is 15.8. The lowest BCUT2D eigenvalue weighted by atomic mass is 10.3. The van der Waals surface area contributed by atoms with Crippen LogP contribution in [0.5, 0.6) is 0 Å². The average molecular weight is 330 g/mol. The van der Waals surface area contributed by atoms with Crippen LogP contribution in [0.1, 0.15) is 12.0 Å². The van der Waals surface area contributed by atoms with Gasteiger partial charge in [0.15, 0.2) is 0 Å². The molecule has 0 saturated carbocycles. The van der Waals surface area contributed by atoms with E-state index >= 15 is 0 Å². The van der Waals surface area contributed by atoms with Gasteiger partial charge in [0.05, 0.1) is 11.3 Å². The van der Waals surface area contributed by atoms with Crippen LogP contribution in [0.4, 0.5) is 0 Å². The Balaban J connectivity index is 2.00. The summed E-state index contributed by atoms with van der Waals surface area (Å²) in [5.74, 6) is 0.105. The monoisotopic (exact) mass is 330 g/mol. The Morgan fingerprint density at radius 2 is 2.19 bits per heavy atom. The van der Waals surface area contributed by atoms with Crippen LogP contribution >= 0.6 is 0 Å². The second-order valence-electron chi connectivity index (χ2n) is 4.49. The predicted octanol–water partition coefficient (Wildman–Crippen LogP) is -0.733. The maximum atomic E-state index is 12.0. The zero-order chi connectivity index (χ0) is 15.5. The molecule has 1 aliphatic rings. The molecule has 0 atom stereocenters. The molecule has 0 aliphatic carbocycles. The Bertz CT molecular complexity index is 768. The van der Waals surface area contributed by atoms with Gasteiger partial charge in [-0.15, -0.1) is 0 Å². The molecule has 0 unspecified atom stereocenters. The molecule has 1 N–H and O–H groups in total. The number of hydrogen-bond acceptors (Lipinski definition) is 6. The zero-order valence-corrected chi connectivity index (χ0v) is 12.7. The van der Waals surface area contributed by atoms with Crippen molar-refractivity contribution in [3.05, 3.63) is 24.0 Å². The number of nitrogens with one attached hydrogen (secondary N) is 1. The van der Waals surface area contributed by atoms with Crippen LogP contribution < -0.4 is 4.72 Å². The van der Waals surface area contributed by atoms with Crippen molar-refractivity contribution in [1.29, 1.82) is 5.26 Å². The van der Waals surface area contributed by atoms with Crippen molar-refractivity contribution in [2.24, 2.45) is 0 Å². The highest BCUT2D eigenvalue weighted by Crippen LogP contribution is 2.13. The van der Waals surface area contributed by atoms with E-state index < -0.39 is 20.0 Å². The van der Waals surface area contributed by atoms with Crippen molar-refractivity contribution in [1.82, 2.24) is 14.0 Å². The molecule has 1 aromatic heterocycles. The normalized spacial score (nSPS) is 18.4. The summed E-state index contributed by atoms with van der Waals surface area (Å²) in [7, 11) is -7.04. The van der Waals surface area contributed by atoms with Crippen LogP contribution in [0.15, 0.2) is 23.4 Å². The first-order valence-electron chi connectivity index (χ1n) is 6.18. The number of sulfonamides is 2. The molecule has 1 aromatic rings. The third kappa shape index (κ3) is 3.76. The van der Waals surface area contributed by atoms with Crippen molar-refractivity contribution in [3.8, 4) is 6.07 Å². The smallest absolute Gasteiger partial charge is 0.242 e. The first-order chi connectivity index (χ1) is 9.85. The maximum Gasteiger partial charge on any atom is 0.242 e. The molecular formula is C11H14N4O4S2. The second kappa shape index (κ2) is 6.07. The van der Waals surface area contributed by atoms with Crippen LogP contribution in [-0.4, -0.2) is 51.5 Å². The van der Waals surface area contributed by atoms with Gasteiger partial charge >= 0.3 is 0 Å². The number of nitrogens with zero attached hydrogens (tertiary/aromatic N) is 3. The summed E-state index contributed by atoms with van der Waals surface area (Å²) in [5, 5.41) is 8.73. The van der Waals surface area contributed by atoms with Gasteiger partial charge in [0.1, 0.15) is 11.0 Å². The van der Waals surface area contributed by atoms with Crippen molar-refractivity contribution >= 4 is 20.0 Å². The van der Waals surface area contributed by atoms with Gasteiger partial charge in [-0.2, -0.15) is 5.26 Å². The minimum Gasteiger partial charge on any atom is -0.262 e. The molecule has 21 heavy (non-hydrogen) atoms. The fraction of sp³-hybridized carbons (Fsp3) is 0.455. The minimum absolute atomic E-state index is 0.0294. The van der Waals surface area contributed by atoms with Gasteiger partial charge < -0.3 is 0 Å². The predicted molar refractivity (Wildman–Crippen MR) is 74.1 cm³/mol. The molecule has 1 aliphatic heterocycles. The fourth-order valence-electron chi connectivity index (χ4n) is 1.96. The van der Waals surface area contributed by atoms with Gasteiger partial charge in [0, 0.05) is 32.0 Å². The number of pyridine rings is 1. The summed E-state index contributed by atoms with van der Waals surface area (Å²) in [5.41, 5.74) is 0.139. The van der Waals surface area contributed by atoms with E-state index in [4.69, 9.17) is 5.26 Å². The molecule has 0 bridgehead atoms. The van der Waals surface area contributed by atoms with Crippen molar-refractivity contribution in [2.45, 2.75) is 11.3 Å². The van der Waals surface area contributed by atoms with E-state index in [0.29, 0.717) is 13.0 Å². The lowest BCUT2D eigenvalue weighted by Crippen LogP contribution is -2.35. The highest BCUT2D eigenvalue weighted by molar-refractivity contribution is 7.89. The van der Waals surface area contributed by atoms with E-state index in [0.717, 1.165) is 6.20 Å². The zero-order valence-electron chi connectivity index (χ0n) is 11.1. The van der Waals surface area contributed by atoms with Crippen LogP contribution in [0.25, 0.3) is 0 Å². The van der Waals surface area contributed by atoms with Gasteiger partial charge in [-0.3, -0.25) is 4.98 Å². The molecule has 0 aromatic carbocycles. The first-order valence-corrected chi connectivity index (χ1v) is 9.27. The second-order valence-corrected chi connectivity index (χ2v) is 8.34. The van der Waals surface area contributed by atoms with Crippen molar-refractivity contribution < 1.29 is 16.8 Å². The van der Waals surface area contributed by atoms with Gasteiger partial charge in [0.2, 0.25) is 20.0 Å². The SMILES string of the molecule is N#Cc1cncc(S(=O)(=O)NCCN2CCCS2(=O)=O)c1. The van der Waals surface area contributed by atoms with Crippen molar-refractivity contribution in [2.75, 3.05) is 25.4 Å². The largest absolute Gasteiger partial charge is 0.262 e. The van der Waals surface area contributed by atoms with Gasteiger partial charge in [-0.25, -0.2) is 25.9 Å². The van der Waals surface area contributed by atoms with Crippen molar-refractivity contribution in [3.63, 3.8) is 0 Å². The van der Waals surface area contributed by atoms with Crippen LogP contribution in [0.2, 0.25) is 0 Å². The number of aromatic nitrogens is 1.